The number of rotatable bonds is 6. The van der Waals surface area contributed by atoms with Crippen molar-refractivity contribution in [2.24, 2.45) is 0 Å². The van der Waals surface area contributed by atoms with Crippen LogP contribution < -0.4 is 11.1 Å². The SMILES string of the molecule is Cc1ccc(CCNc2nc3c(N)ncnc3n2[C@@H]2O[C@H](CO)[C@@H](O)[C@H]2O)cc1. The number of anilines is 2. The Morgan fingerprint density at radius 2 is 1.93 bits per heavy atom. The average Bonchev–Trinajstić information content (AvgIpc) is 3.22. The molecule has 6 N–H and O–H groups in total. The van der Waals surface area contributed by atoms with Crippen molar-refractivity contribution in [3.63, 3.8) is 0 Å². The number of hydrogen-bond acceptors (Lipinski definition) is 9. The average molecular weight is 400 g/mol. The van der Waals surface area contributed by atoms with Crippen LogP contribution in [-0.4, -0.2) is 66.3 Å². The van der Waals surface area contributed by atoms with Crippen molar-refractivity contribution >= 4 is 22.9 Å². The summed E-state index contributed by atoms with van der Waals surface area (Å²) in [6.45, 7) is 2.18. The smallest absolute Gasteiger partial charge is 0.207 e. The van der Waals surface area contributed by atoms with Crippen molar-refractivity contribution in [3.05, 3.63) is 41.7 Å². The van der Waals surface area contributed by atoms with Gasteiger partial charge in [-0.25, -0.2) is 15.0 Å². The van der Waals surface area contributed by atoms with E-state index in [1.807, 2.05) is 6.92 Å². The number of ether oxygens (including phenoxy) is 1. The van der Waals surface area contributed by atoms with Crippen molar-refractivity contribution in [3.8, 4) is 0 Å². The summed E-state index contributed by atoms with van der Waals surface area (Å²) in [4.78, 5) is 12.7. The van der Waals surface area contributed by atoms with E-state index in [-0.39, 0.29) is 5.82 Å². The lowest BCUT2D eigenvalue weighted by Gasteiger charge is -2.19. The van der Waals surface area contributed by atoms with E-state index in [4.69, 9.17) is 10.5 Å². The van der Waals surface area contributed by atoms with Crippen molar-refractivity contribution < 1.29 is 20.1 Å². The number of nitrogens with one attached hydrogen (secondary N) is 1. The van der Waals surface area contributed by atoms with Crippen molar-refractivity contribution in [2.75, 3.05) is 24.2 Å². The van der Waals surface area contributed by atoms with Gasteiger partial charge in [-0.3, -0.25) is 4.57 Å². The number of hydrogen-bond donors (Lipinski definition) is 5. The molecule has 1 fully saturated rings. The first-order chi connectivity index (χ1) is 14.0. The summed E-state index contributed by atoms with van der Waals surface area (Å²) in [5.74, 6) is 0.580. The van der Waals surface area contributed by atoms with Crippen molar-refractivity contribution in [1.29, 1.82) is 0 Å². The fraction of sp³-hybridized carbons (Fsp3) is 0.421. The molecule has 2 aromatic heterocycles. The molecule has 0 amide bonds. The monoisotopic (exact) mass is 400 g/mol. The molecule has 1 saturated heterocycles. The van der Waals surface area contributed by atoms with E-state index in [1.165, 1.54) is 11.9 Å². The fourth-order valence-electron chi connectivity index (χ4n) is 3.46. The third-order valence-corrected chi connectivity index (χ3v) is 5.09. The number of nitrogens with two attached hydrogens (primary N) is 1. The van der Waals surface area contributed by atoms with Crippen LogP contribution in [-0.2, 0) is 11.2 Å². The van der Waals surface area contributed by atoms with Crippen LogP contribution >= 0.6 is 0 Å². The molecule has 10 heteroatoms. The van der Waals surface area contributed by atoms with Crippen LogP contribution in [0.25, 0.3) is 11.2 Å². The molecule has 0 spiro atoms. The highest BCUT2D eigenvalue weighted by Crippen LogP contribution is 2.35. The van der Waals surface area contributed by atoms with Gasteiger partial charge in [0.05, 0.1) is 6.61 Å². The number of nitrogen functional groups attached to an aromatic ring is 1. The van der Waals surface area contributed by atoms with Crippen LogP contribution in [0.15, 0.2) is 30.6 Å². The van der Waals surface area contributed by atoms with Crippen molar-refractivity contribution in [1.82, 2.24) is 19.5 Å². The maximum absolute atomic E-state index is 10.5. The number of aryl methyl sites for hydroxylation is 1. The van der Waals surface area contributed by atoms with E-state index in [0.29, 0.717) is 23.7 Å². The highest BCUT2D eigenvalue weighted by atomic mass is 16.6. The lowest BCUT2D eigenvalue weighted by molar-refractivity contribution is -0.0501. The van der Waals surface area contributed by atoms with E-state index < -0.39 is 31.1 Å². The molecule has 0 saturated carbocycles. The summed E-state index contributed by atoms with van der Waals surface area (Å²) in [5.41, 5.74) is 9.03. The van der Waals surface area contributed by atoms with Crippen LogP contribution in [0, 0.1) is 6.92 Å². The summed E-state index contributed by atoms with van der Waals surface area (Å²) >= 11 is 0. The molecular weight excluding hydrogens is 376 g/mol. The van der Waals surface area contributed by atoms with Gasteiger partial charge in [-0.15, -0.1) is 0 Å². The highest BCUT2D eigenvalue weighted by molar-refractivity contribution is 5.84. The number of nitrogens with zero attached hydrogens (tertiary/aromatic N) is 4. The number of aliphatic hydroxyl groups excluding tert-OH is 3. The summed E-state index contributed by atoms with van der Waals surface area (Å²) < 4.78 is 7.23. The van der Waals surface area contributed by atoms with Gasteiger partial charge in [-0.1, -0.05) is 29.8 Å². The van der Waals surface area contributed by atoms with Gasteiger partial charge in [-0.2, -0.15) is 0 Å². The maximum Gasteiger partial charge on any atom is 0.207 e. The molecule has 4 atom stereocenters. The first-order valence-electron chi connectivity index (χ1n) is 9.40. The summed E-state index contributed by atoms with van der Waals surface area (Å²) in [7, 11) is 0. The Bertz CT molecular complexity index is 992. The van der Waals surface area contributed by atoms with Gasteiger partial charge < -0.3 is 31.1 Å². The Morgan fingerprint density at radius 3 is 2.62 bits per heavy atom. The van der Waals surface area contributed by atoms with Gasteiger partial charge >= 0.3 is 0 Å². The Hall–Kier alpha value is -2.79. The van der Waals surface area contributed by atoms with Gasteiger partial charge in [-0.05, 0) is 18.9 Å². The minimum Gasteiger partial charge on any atom is -0.394 e. The van der Waals surface area contributed by atoms with E-state index in [2.05, 4.69) is 44.5 Å². The molecule has 1 aliphatic rings. The largest absolute Gasteiger partial charge is 0.394 e. The lowest BCUT2D eigenvalue weighted by Crippen LogP contribution is -2.33. The zero-order chi connectivity index (χ0) is 20.5. The third kappa shape index (κ3) is 3.62. The van der Waals surface area contributed by atoms with E-state index in [1.54, 1.807) is 4.57 Å². The van der Waals surface area contributed by atoms with Gasteiger partial charge in [0.15, 0.2) is 23.2 Å². The fourth-order valence-corrected chi connectivity index (χ4v) is 3.46. The van der Waals surface area contributed by atoms with Crippen LogP contribution in [0.1, 0.15) is 17.4 Å². The van der Waals surface area contributed by atoms with Gasteiger partial charge in [0, 0.05) is 6.54 Å². The zero-order valence-corrected chi connectivity index (χ0v) is 15.9. The molecule has 3 heterocycles. The molecule has 0 aliphatic carbocycles. The second-order valence-corrected chi connectivity index (χ2v) is 7.13. The number of imidazole rings is 1. The molecule has 0 radical (unpaired) electrons. The standard InChI is InChI=1S/C19H24N6O4/c1-10-2-4-11(5-3-10)6-7-21-19-24-13-16(20)22-9-23-17(13)25(19)18-15(28)14(27)12(8-26)29-18/h2-5,9,12,14-15,18,26-28H,6-8H2,1H3,(H,21,24)(H2,20,22,23)/t12-,14-,15-,18-/m1/s1. The Labute approximate surface area is 167 Å². The third-order valence-electron chi connectivity index (χ3n) is 5.09. The summed E-state index contributed by atoms with van der Waals surface area (Å²) in [6.07, 6.45) is -2.34. The quantitative estimate of drug-likeness (QED) is 0.384. The van der Waals surface area contributed by atoms with Crippen LogP contribution in [0.4, 0.5) is 11.8 Å². The van der Waals surface area contributed by atoms with Crippen LogP contribution in [0.5, 0.6) is 0 Å². The molecule has 154 valence electrons. The minimum absolute atomic E-state index is 0.196. The molecule has 1 aromatic carbocycles. The van der Waals surface area contributed by atoms with E-state index in [0.717, 1.165) is 12.0 Å². The molecule has 4 rings (SSSR count). The van der Waals surface area contributed by atoms with Crippen LogP contribution in [0.2, 0.25) is 0 Å². The Balaban J connectivity index is 1.63. The first kappa shape index (κ1) is 19.5. The summed E-state index contributed by atoms with van der Waals surface area (Å²) in [5, 5.41) is 33.3. The molecule has 3 aromatic rings. The van der Waals surface area contributed by atoms with Gasteiger partial charge in [0.2, 0.25) is 5.95 Å². The molecule has 1 aliphatic heterocycles. The normalized spacial score (nSPS) is 24.3. The minimum atomic E-state index is -1.27. The highest BCUT2D eigenvalue weighted by Gasteiger charge is 2.45. The van der Waals surface area contributed by atoms with Crippen LogP contribution in [0.3, 0.4) is 0 Å². The molecule has 0 unspecified atom stereocenters. The second kappa shape index (κ2) is 7.91. The number of benzene rings is 1. The second-order valence-electron chi connectivity index (χ2n) is 7.13. The molecule has 0 bridgehead atoms. The predicted octanol–water partition coefficient (Wildman–Crippen LogP) is -0.0170. The zero-order valence-electron chi connectivity index (χ0n) is 15.9. The first-order valence-corrected chi connectivity index (χ1v) is 9.40. The van der Waals surface area contributed by atoms with Crippen molar-refractivity contribution in [2.45, 2.75) is 37.9 Å². The predicted molar refractivity (Wildman–Crippen MR) is 106 cm³/mol. The molecule has 29 heavy (non-hydrogen) atoms. The van der Waals surface area contributed by atoms with Gasteiger partial charge in [0.25, 0.3) is 0 Å². The number of aromatic nitrogens is 4. The maximum atomic E-state index is 10.5. The number of fused-ring (bicyclic) bond motifs is 1. The molecular formula is C19H24N6O4. The van der Waals surface area contributed by atoms with E-state index >= 15 is 0 Å². The summed E-state index contributed by atoms with van der Waals surface area (Å²) in [6, 6.07) is 8.24. The lowest BCUT2D eigenvalue weighted by atomic mass is 10.1. The van der Waals surface area contributed by atoms with Gasteiger partial charge in [0.1, 0.15) is 24.6 Å². The Morgan fingerprint density at radius 1 is 1.17 bits per heavy atom. The Kier molecular flexibility index (Phi) is 5.33. The molecule has 10 nitrogen and oxygen atoms in total. The van der Waals surface area contributed by atoms with E-state index in [9.17, 15) is 15.3 Å². The topological polar surface area (TPSA) is 152 Å². The number of aliphatic hydroxyl groups is 3.